The molecule has 1 aliphatic carbocycles. The lowest BCUT2D eigenvalue weighted by molar-refractivity contribution is -0.163. The molecular weight excluding hydrogens is 180 g/mol. The van der Waals surface area contributed by atoms with Crippen molar-refractivity contribution in [2.45, 2.75) is 38.4 Å². The van der Waals surface area contributed by atoms with Gasteiger partial charge in [-0.2, -0.15) is 0 Å². The Morgan fingerprint density at radius 1 is 1.29 bits per heavy atom. The number of hydrogen-bond donors (Lipinski definition) is 1. The normalized spacial score (nSPS) is 37.1. The molecular formula is C11H20O3. The van der Waals surface area contributed by atoms with E-state index in [-0.39, 0.29) is 6.29 Å². The van der Waals surface area contributed by atoms with Gasteiger partial charge in [-0.15, -0.1) is 0 Å². The van der Waals surface area contributed by atoms with Crippen LogP contribution in [0.2, 0.25) is 0 Å². The SMILES string of the molecule is OCC1C[C@H]1CCO[C@@H]1CCCCO1. The molecule has 0 aromatic carbocycles. The van der Waals surface area contributed by atoms with Crippen molar-refractivity contribution in [1.29, 1.82) is 0 Å². The molecule has 14 heavy (non-hydrogen) atoms. The van der Waals surface area contributed by atoms with Crippen molar-refractivity contribution in [1.82, 2.24) is 0 Å². The molecule has 0 bridgehead atoms. The van der Waals surface area contributed by atoms with Gasteiger partial charge in [0, 0.05) is 13.2 Å². The van der Waals surface area contributed by atoms with Gasteiger partial charge in [-0.25, -0.2) is 0 Å². The number of aliphatic hydroxyl groups is 1. The molecule has 2 fully saturated rings. The van der Waals surface area contributed by atoms with E-state index in [4.69, 9.17) is 14.6 Å². The molecule has 0 amide bonds. The van der Waals surface area contributed by atoms with E-state index in [0.717, 1.165) is 26.1 Å². The van der Waals surface area contributed by atoms with E-state index in [2.05, 4.69) is 0 Å². The molecule has 3 heteroatoms. The van der Waals surface area contributed by atoms with E-state index < -0.39 is 0 Å². The summed E-state index contributed by atoms with van der Waals surface area (Å²) >= 11 is 0. The summed E-state index contributed by atoms with van der Waals surface area (Å²) in [5.74, 6) is 1.27. The number of hydrogen-bond acceptors (Lipinski definition) is 3. The average molecular weight is 200 g/mol. The van der Waals surface area contributed by atoms with Gasteiger partial charge in [0.05, 0.1) is 6.61 Å². The average Bonchev–Trinajstić information content (AvgIpc) is 2.98. The van der Waals surface area contributed by atoms with Crippen LogP contribution in [0.5, 0.6) is 0 Å². The van der Waals surface area contributed by atoms with Crippen molar-refractivity contribution in [3.63, 3.8) is 0 Å². The second-order valence-electron chi connectivity index (χ2n) is 4.39. The van der Waals surface area contributed by atoms with E-state index in [1.165, 1.54) is 19.3 Å². The van der Waals surface area contributed by atoms with E-state index in [1.807, 2.05) is 0 Å². The molecule has 2 aliphatic rings. The lowest BCUT2D eigenvalue weighted by atomic mass is 10.2. The standard InChI is InChI=1S/C11H20O3/c12-8-10-7-9(10)4-6-14-11-3-1-2-5-13-11/h9-12H,1-8H2/t9-,10?,11-/m1/s1. The summed E-state index contributed by atoms with van der Waals surface area (Å²) in [5.41, 5.74) is 0. The fraction of sp³-hybridized carbons (Fsp3) is 1.00. The van der Waals surface area contributed by atoms with Crippen molar-refractivity contribution >= 4 is 0 Å². The second kappa shape index (κ2) is 5.10. The predicted octanol–water partition coefficient (Wildman–Crippen LogP) is 1.55. The minimum absolute atomic E-state index is 0.0510. The minimum atomic E-state index is 0.0510. The maximum absolute atomic E-state index is 8.86. The van der Waals surface area contributed by atoms with Crippen molar-refractivity contribution in [3.8, 4) is 0 Å². The van der Waals surface area contributed by atoms with E-state index in [9.17, 15) is 0 Å². The molecule has 0 spiro atoms. The van der Waals surface area contributed by atoms with Gasteiger partial charge in [-0.05, 0) is 43.9 Å². The first-order valence-corrected chi connectivity index (χ1v) is 5.74. The maximum atomic E-state index is 8.86. The highest BCUT2D eigenvalue weighted by molar-refractivity contribution is 4.85. The molecule has 0 aromatic heterocycles. The van der Waals surface area contributed by atoms with Crippen LogP contribution in [0, 0.1) is 11.8 Å². The number of rotatable bonds is 5. The summed E-state index contributed by atoms with van der Waals surface area (Å²) in [7, 11) is 0. The minimum Gasteiger partial charge on any atom is -0.396 e. The Hall–Kier alpha value is -0.120. The van der Waals surface area contributed by atoms with E-state index >= 15 is 0 Å². The first-order valence-electron chi connectivity index (χ1n) is 5.74. The molecule has 1 saturated carbocycles. The van der Waals surface area contributed by atoms with Crippen LogP contribution in [0.4, 0.5) is 0 Å². The molecule has 2 rings (SSSR count). The molecule has 1 heterocycles. The van der Waals surface area contributed by atoms with Crippen molar-refractivity contribution in [2.24, 2.45) is 11.8 Å². The highest BCUT2D eigenvalue weighted by atomic mass is 16.7. The van der Waals surface area contributed by atoms with Crippen LogP contribution in [-0.4, -0.2) is 31.2 Å². The Morgan fingerprint density at radius 2 is 2.21 bits per heavy atom. The smallest absolute Gasteiger partial charge is 0.157 e. The molecule has 1 saturated heterocycles. The zero-order chi connectivity index (χ0) is 9.80. The first-order chi connectivity index (χ1) is 6.90. The quantitative estimate of drug-likeness (QED) is 0.731. The molecule has 1 aliphatic heterocycles. The molecule has 0 aromatic rings. The summed E-state index contributed by atoms with van der Waals surface area (Å²) in [6.07, 6.45) is 5.78. The van der Waals surface area contributed by atoms with Gasteiger partial charge in [0.15, 0.2) is 6.29 Å². The van der Waals surface area contributed by atoms with E-state index in [1.54, 1.807) is 0 Å². The Bertz CT molecular complexity index is 166. The number of ether oxygens (including phenoxy) is 2. The molecule has 82 valence electrons. The van der Waals surface area contributed by atoms with Crippen LogP contribution in [0.15, 0.2) is 0 Å². The van der Waals surface area contributed by atoms with Crippen LogP contribution in [0.3, 0.4) is 0 Å². The third kappa shape index (κ3) is 2.94. The molecule has 1 unspecified atom stereocenters. The van der Waals surface area contributed by atoms with Crippen molar-refractivity contribution in [3.05, 3.63) is 0 Å². The maximum Gasteiger partial charge on any atom is 0.157 e. The van der Waals surface area contributed by atoms with Crippen molar-refractivity contribution in [2.75, 3.05) is 19.8 Å². The summed E-state index contributed by atoms with van der Waals surface area (Å²) in [6.45, 7) is 2.00. The van der Waals surface area contributed by atoms with Crippen LogP contribution in [-0.2, 0) is 9.47 Å². The highest BCUT2D eigenvalue weighted by Gasteiger charge is 2.35. The van der Waals surface area contributed by atoms with Gasteiger partial charge in [0.2, 0.25) is 0 Å². The Kier molecular flexibility index (Phi) is 3.79. The topological polar surface area (TPSA) is 38.7 Å². The third-order valence-corrected chi connectivity index (χ3v) is 3.23. The first kappa shape index (κ1) is 10.4. The van der Waals surface area contributed by atoms with Gasteiger partial charge in [-0.3, -0.25) is 0 Å². The van der Waals surface area contributed by atoms with Gasteiger partial charge in [-0.1, -0.05) is 0 Å². The van der Waals surface area contributed by atoms with Gasteiger partial charge in [0.1, 0.15) is 0 Å². The fourth-order valence-electron chi connectivity index (χ4n) is 2.08. The van der Waals surface area contributed by atoms with Crippen LogP contribution < -0.4 is 0 Å². The molecule has 3 atom stereocenters. The Labute approximate surface area is 85.4 Å². The van der Waals surface area contributed by atoms with Crippen LogP contribution in [0.25, 0.3) is 0 Å². The third-order valence-electron chi connectivity index (χ3n) is 3.23. The van der Waals surface area contributed by atoms with E-state index in [0.29, 0.717) is 18.4 Å². The van der Waals surface area contributed by atoms with Crippen LogP contribution in [0.1, 0.15) is 32.1 Å². The molecule has 1 N–H and O–H groups in total. The van der Waals surface area contributed by atoms with Gasteiger partial charge >= 0.3 is 0 Å². The summed E-state index contributed by atoms with van der Waals surface area (Å²) in [5, 5.41) is 8.86. The zero-order valence-corrected chi connectivity index (χ0v) is 8.65. The molecule has 0 radical (unpaired) electrons. The Balaban J connectivity index is 1.50. The predicted molar refractivity (Wildman–Crippen MR) is 52.8 cm³/mol. The molecule has 3 nitrogen and oxygen atoms in total. The number of aliphatic hydroxyl groups excluding tert-OH is 1. The van der Waals surface area contributed by atoms with Crippen molar-refractivity contribution < 1.29 is 14.6 Å². The van der Waals surface area contributed by atoms with Crippen LogP contribution >= 0.6 is 0 Å². The lowest BCUT2D eigenvalue weighted by Gasteiger charge is -2.22. The second-order valence-corrected chi connectivity index (χ2v) is 4.39. The van der Waals surface area contributed by atoms with Gasteiger partial charge < -0.3 is 14.6 Å². The lowest BCUT2D eigenvalue weighted by Crippen LogP contribution is -2.22. The summed E-state index contributed by atoms with van der Waals surface area (Å²) in [6, 6.07) is 0. The zero-order valence-electron chi connectivity index (χ0n) is 8.65. The van der Waals surface area contributed by atoms with Gasteiger partial charge in [0.25, 0.3) is 0 Å². The largest absolute Gasteiger partial charge is 0.396 e. The Morgan fingerprint density at radius 3 is 2.86 bits per heavy atom. The monoisotopic (exact) mass is 200 g/mol. The fourth-order valence-corrected chi connectivity index (χ4v) is 2.08. The highest BCUT2D eigenvalue weighted by Crippen LogP contribution is 2.40. The summed E-state index contributed by atoms with van der Waals surface area (Å²) in [4.78, 5) is 0. The summed E-state index contributed by atoms with van der Waals surface area (Å²) < 4.78 is 11.1.